The Bertz CT molecular complexity index is 548. The zero-order chi connectivity index (χ0) is 15.3. The summed E-state index contributed by atoms with van der Waals surface area (Å²) in [7, 11) is -3.41. The average molecular weight is 350 g/mol. The molecule has 0 aliphatic carbocycles. The standard InChI is InChI=1S/C14H20ClNO3S2/c1-12-11-20-10-8-16(12)21(17,18)14-5-3-13(4-6-14)19-9-2-7-15/h3-6,12H,2,7-11H2,1H3. The Morgan fingerprint density at radius 1 is 1.38 bits per heavy atom. The van der Waals surface area contributed by atoms with Crippen LogP contribution in [0.5, 0.6) is 5.75 Å². The minimum atomic E-state index is -3.41. The first-order valence-corrected chi connectivity index (χ1v) is 10.1. The van der Waals surface area contributed by atoms with Crippen molar-refractivity contribution in [3.8, 4) is 5.75 Å². The lowest BCUT2D eigenvalue weighted by Gasteiger charge is -2.31. The van der Waals surface area contributed by atoms with E-state index in [9.17, 15) is 8.42 Å². The van der Waals surface area contributed by atoms with Gasteiger partial charge in [0.25, 0.3) is 0 Å². The zero-order valence-electron chi connectivity index (χ0n) is 12.0. The minimum Gasteiger partial charge on any atom is -0.494 e. The molecule has 0 saturated carbocycles. The molecule has 0 amide bonds. The lowest BCUT2D eigenvalue weighted by molar-refractivity contribution is 0.318. The molecule has 1 aromatic carbocycles. The number of hydrogen-bond acceptors (Lipinski definition) is 4. The van der Waals surface area contributed by atoms with Gasteiger partial charge in [-0.2, -0.15) is 16.1 Å². The van der Waals surface area contributed by atoms with E-state index in [0.29, 0.717) is 29.7 Å². The molecule has 21 heavy (non-hydrogen) atoms. The lowest BCUT2D eigenvalue weighted by Crippen LogP contribution is -2.44. The molecule has 1 aromatic rings. The predicted octanol–water partition coefficient (Wildman–Crippen LogP) is 2.82. The summed E-state index contributed by atoms with van der Waals surface area (Å²) in [5.41, 5.74) is 0. The highest BCUT2D eigenvalue weighted by molar-refractivity contribution is 7.99. The Morgan fingerprint density at radius 3 is 2.71 bits per heavy atom. The summed E-state index contributed by atoms with van der Waals surface area (Å²) in [6.07, 6.45) is 0.768. The van der Waals surface area contributed by atoms with Gasteiger partial charge in [-0.25, -0.2) is 8.42 Å². The second kappa shape index (κ2) is 7.72. The van der Waals surface area contributed by atoms with E-state index in [1.54, 1.807) is 40.3 Å². The maximum Gasteiger partial charge on any atom is 0.243 e. The molecule has 1 atom stereocenters. The summed E-state index contributed by atoms with van der Waals surface area (Å²) in [6.45, 7) is 3.06. The van der Waals surface area contributed by atoms with Crippen LogP contribution in [0, 0.1) is 0 Å². The van der Waals surface area contributed by atoms with Gasteiger partial charge in [0.1, 0.15) is 5.75 Å². The van der Waals surface area contributed by atoms with Gasteiger partial charge in [-0.15, -0.1) is 11.6 Å². The van der Waals surface area contributed by atoms with Gasteiger partial charge in [0.05, 0.1) is 11.5 Å². The Balaban J connectivity index is 2.09. The van der Waals surface area contributed by atoms with Crippen molar-refractivity contribution in [1.29, 1.82) is 0 Å². The Morgan fingerprint density at radius 2 is 2.10 bits per heavy atom. The lowest BCUT2D eigenvalue weighted by atomic mass is 10.3. The Hall–Kier alpha value is -0.430. The van der Waals surface area contributed by atoms with Crippen molar-refractivity contribution in [2.45, 2.75) is 24.3 Å². The Kier molecular flexibility index (Phi) is 6.22. The number of rotatable bonds is 6. The molecule has 4 nitrogen and oxygen atoms in total. The van der Waals surface area contributed by atoms with Gasteiger partial charge in [0, 0.05) is 30.0 Å². The first-order valence-electron chi connectivity index (χ1n) is 6.94. The number of ether oxygens (including phenoxy) is 1. The van der Waals surface area contributed by atoms with E-state index in [0.717, 1.165) is 17.9 Å². The number of sulfonamides is 1. The van der Waals surface area contributed by atoms with Crippen LogP contribution >= 0.6 is 23.4 Å². The summed E-state index contributed by atoms with van der Waals surface area (Å²) < 4.78 is 32.3. The van der Waals surface area contributed by atoms with E-state index in [2.05, 4.69) is 0 Å². The highest BCUT2D eigenvalue weighted by Gasteiger charge is 2.31. The molecule has 1 fully saturated rings. The van der Waals surface area contributed by atoms with Gasteiger partial charge >= 0.3 is 0 Å². The van der Waals surface area contributed by atoms with Crippen LogP contribution in [-0.2, 0) is 10.0 Å². The molecule has 118 valence electrons. The van der Waals surface area contributed by atoms with Crippen molar-refractivity contribution in [3.63, 3.8) is 0 Å². The third kappa shape index (κ3) is 4.28. The predicted molar refractivity (Wildman–Crippen MR) is 88.0 cm³/mol. The summed E-state index contributed by atoms with van der Waals surface area (Å²) in [5.74, 6) is 2.92. The van der Waals surface area contributed by atoms with Crippen LogP contribution in [0.3, 0.4) is 0 Å². The second-order valence-corrected chi connectivity index (χ2v) is 8.32. The fourth-order valence-corrected chi connectivity index (χ4v) is 5.12. The van der Waals surface area contributed by atoms with Gasteiger partial charge in [-0.3, -0.25) is 0 Å². The zero-order valence-corrected chi connectivity index (χ0v) is 14.4. The third-order valence-electron chi connectivity index (χ3n) is 3.28. The van der Waals surface area contributed by atoms with E-state index in [1.807, 2.05) is 6.92 Å². The van der Waals surface area contributed by atoms with Crippen LogP contribution in [0.15, 0.2) is 29.2 Å². The van der Waals surface area contributed by atoms with E-state index in [-0.39, 0.29) is 6.04 Å². The van der Waals surface area contributed by atoms with Gasteiger partial charge in [0.15, 0.2) is 0 Å². The molecule has 1 heterocycles. The molecule has 1 aliphatic rings. The molecular weight excluding hydrogens is 330 g/mol. The second-order valence-electron chi connectivity index (χ2n) is 4.90. The molecule has 0 N–H and O–H groups in total. The Labute approximate surface area is 135 Å². The number of nitrogens with zero attached hydrogens (tertiary/aromatic N) is 1. The highest BCUT2D eigenvalue weighted by atomic mass is 35.5. The van der Waals surface area contributed by atoms with Crippen molar-refractivity contribution < 1.29 is 13.2 Å². The average Bonchev–Trinajstić information content (AvgIpc) is 2.48. The fourth-order valence-electron chi connectivity index (χ4n) is 2.16. The van der Waals surface area contributed by atoms with Crippen molar-refractivity contribution in [2.75, 3.05) is 30.5 Å². The van der Waals surface area contributed by atoms with Crippen LogP contribution < -0.4 is 4.74 Å². The number of hydrogen-bond donors (Lipinski definition) is 0. The smallest absolute Gasteiger partial charge is 0.243 e. The molecule has 0 bridgehead atoms. The normalized spacial score (nSPS) is 20.4. The van der Waals surface area contributed by atoms with Gasteiger partial charge in [0.2, 0.25) is 10.0 Å². The molecule has 0 radical (unpaired) electrons. The topological polar surface area (TPSA) is 46.6 Å². The van der Waals surface area contributed by atoms with E-state index >= 15 is 0 Å². The maximum absolute atomic E-state index is 12.6. The van der Waals surface area contributed by atoms with Crippen molar-refractivity contribution in [3.05, 3.63) is 24.3 Å². The number of benzene rings is 1. The van der Waals surface area contributed by atoms with Gasteiger partial charge in [-0.1, -0.05) is 0 Å². The SMILES string of the molecule is CC1CSCCN1S(=O)(=O)c1ccc(OCCCCl)cc1. The largest absolute Gasteiger partial charge is 0.494 e. The monoisotopic (exact) mass is 349 g/mol. The molecule has 7 heteroatoms. The quantitative estimate of drug-likeness (QED) is 0.585. The van der Waals surface area contributed by atoms with Crippen LogP contribution in [-0.4, -0.2) is 49.3 Å². The van der Waals surface area contributed by atoms with E-state index in [1.165, 1.54) is 0 Å². The summed E-state index contributed by atoms with van der Waals surface area (Å²) in [4.78, 5) is 0.325. The van der Waals surface area contributed by atoms with Crippen LogP contribution in [0.1, 0.15) is 13.3 Å². The minimum absolute atomic E-state index is 0.0356. The molecule has 0 spiro atoms. The number of alkyl halides is 1. The molecule has 0 aromatic heterocycles. The maximum atomic E-state index is 12.6. The van der Waals surface area contributed by atoms with E-state index in [4.69, 9.17) is 16.3 Å². The number of thioether (sulfide) groups is 1. The molecular formula is C14H20ClNO3S2. The van der Waals surface area contributed by atoms with Crippen LogP contribution in [0.4, 0.5) is 0 Å². The highest BCUT2D eigenvalue weighted by Crippen LogP contribution is 2.25. The number of halogens is 1. The molecule has 2 rings (SSSR count). The molecule has 1 saturated heterocycles. The molecule has 1 unspecified atom stereocenters. The summed E-state index contributed by atoms with van der Waals surface area (Å²) in [5, 5.41) is 0. The first kappa shape index (κ1) is 16.9. The van der Waals surface area contributed by atoms with Crippen molar-refractivity contribution in [1.82, 2.24) is 4.31 Å². The van der Waals surface area contributed by atoms with Crippen LogP contribution in [0.25, 0.3) is 0 Å². The first-order chi connectivity index (χ1) is 10.1. The van der Waals surface area contributed by atoms with Crippen LogP contribution in [0.2, 0.25) is 0 Å². The molecule has 1 aliphatic heterocycles. The van der Waals surface area contributed by atoms with E-state index < -0.39 is 10.0 Å². The fraction of sp³-hybridized carbons (Fsp3) is 0.571. The summed E-state index contributed by atoms with van der Waals surface area (Å²) >= 11 is 7.38. The van der Waals surface area contributed by atoms with Gasteiger partial charge in [-0.05, 0) is 37.6 Å². The summed E-state index contributed by atoms with van der Waals surface area (Å²) in [6, 6.07) is 6.66. The van der Waals surface area contributed by atoms with Gasteiger partial charge < -0.3 is 4.74 Å². The third-order valence-corrected chi connectivity index (χ3v) is 6.77. The van der Waals surface area contributed by atoms with Crippen molar-refractivity contribution >= 4 is 33.4 Å². The van der Waals surface area contributed by atoms with Crippen molar-refractivity contribution in [2.24, 2.45) is 0 Å².